The molecule has 0 aromatic carbocycles. The van der Waals surface area contributed by atoms with Gasteiger partial charge < -0.3 is 4.90 Å². The summed E-state index contributed by atoms with van der Waals surface area (Å²) in [6.45, 7) is 5.38. The molecular formula is C18H18BrF5N2O. The number of rotatable bonds is 2. The molecule has 148 valence electrons. The van der Waals surface area contributed by atoms with Crippen molar-refractivity contribution >= 4 is 27.5 Å². The Hall–Kier alpha value is -1.25. The maximum absolute atomic E-state index is 15.3. The summed E-state index contributed by atoms with van der Waals surface area (Å²) in [5, 5.41) is 0. The van der Waals surface area contributed by atoms with E-state index < -0.39 is 53.2 Å². The molecule has 1 aromatic rings. The van der Waals surface area contributed by atoms with Gasteiger partial charge in [0.15, 0.2) is 0 Å². The average molecular weight is 453 g/mol. The molecule has 0 spiro atoms. The molecule has 0 N–H and O–H groups in total. The predicted octanol–water partition coefficient (Wildman–Crippen LogP) is 5.31. The third-order valence-corrected chi connectivity index (χ3v) is 7.06. The van der Waals surface area contributed by atoms with Crippen LogP contribution in [0, 0.1) is 10.8 Å². The highest BCUT2D eigenvalue weighted by Gasteiger charge is 2.85. The summed E-state index contributed by atoms with van der Waals surface area (Å²) in [4.78, 5) is 17.6. The SMILES string of the molecule is CC(=O)N1CC(C)(C)c2nc(Br)c(C(F)(F)C34CC(C(F)(F)F)(C3)C4)cc21. The number of halogens is 6. The molecule has 2 bridgehead atoms. The summed E-state index contributed by atoms with van der Waals surface area (Å²) in [6.07, 6.45) is -6.15. The average Bonchev–Trinajstić information content (AvgIpc) is 2.64. The number of carbonyl (C=O) groups excluding carboxylic acids is 1. The lowest BCUT2D eigenvalue weighted by Gasteiger charge is -2.72. The number of carbonyl (C=O) groups is 1. The Labute approximate surface area is 161 Å². The van der Waals surface area contributed by atoms with Gasteiger partial charge in [-0.1, -0.05) is 13.8 Å². The van der Waals surface area contributed by atoms with Crippen molar-refractivity contribution in [1.29, 1.82) is 0 Å². The highest BCUT2D eigenvalue weighted by molar-refractivity contribution is 9.10. The third kappa shape index (κ3) is 2.23. The van der Waals surface area contributed by atoms with Crippen molar-refractivity contribution in [3.63, 3.8) is 0 Å². The third-order valence-electron chi connectivity index (χ3n) is 6.46. The molecule has 1 aliphatic heterocycles. The fraction of sp³-hybridized carbons (Fsp3) is 0.667. The van der Waals surface area contributed by atoms with Crippen LogP contribution in [0.1, 0.15) is 51.3 Å². The van der Waals surface area contributed by atoms with Crippen molar-refractivity contribution in [3.8, 4) is 0 Å². The second-order valence-corrected chi connectivity index (χ2v) is 9.60. The molecule has 3 saturated carbocycles. The fourth-order valence-electron chi connectivity index (χ4n) is 4.95. The molecule has 3 nitrogen and oxygen atoms in total. The highest BCUT2D eigenvalue weighted by Crippen LogP contribution is 2.84. The van der Waals surface area contributed by atoms with Crippen LogP contribution in [0.5, 0.6) is 0 Å². The fourth-order valence-corrected chi connectivity index (χ4v) is 5.49. The monoisotopic (exact) mass is 452 g/mol. The predicted molar refractivity (Wildman–Crippen MR) is 91.7 cm³/mol. The van der Waals surface area contributed by atoms with Gasteiger partial charge in [-0.05, 0) is 41.3 Å². The van der Waals surface area contributed by atoms with E-state index in [0.717, 1.165) is 0 Å². The number of hydrogen-bond donors (Lipinski definition) is 0. The van der Waals surface area contributed by atoms with Gasteiger partial charge in [-0.15, -0.1) is 0 Å². The number of alkyl halides is 5. The van der Waals surface area contributed by atoms with Gasteiger partial charge >= 0.3 is 6.18 Å². The number of pyridine rings is 1. The lowest BCUT2D eigenvalue weighted by Crippen LogP contribution is -2.73. The van der Waals surface area contributed by atoms with Crippen molar-refractivity contribution in [2.75, 3.05) is 11.4 Å². The molecule has 3 aliphatic carbocycles. The topological polar surface area (TPSA) is 33.2 Å². The summed E-state index contributed by atoms with van der Waals surface area (Å²) in [6, 6.07) is 1.23. The first-order valence-electron chi connectivity index (χ1n) is 8.60. The van der Waals surface area contributed by atoms with E-state index in [9.17, 15) is 18.0 Å². The lowest BCUT2D eigenvalue weighted by atomic mass is 9.32. The summed E-state index contributed by atoms with van der Waals surface area (Å²) < 4.78 is 69.7. The van der Waals surface area contributed by atoms with Crippen molar-refractivity contribution < 1.29 is 26.7 Å². The van der Waals surface area contributed by atoms with Crippen LogP contribution >= 0.6 is 15.9 Å². The zero-order chi connectivity index (χ0) is 20.2. The number of hydrogen-bond acceptors (Lipinski definition) is 2. The quantitative estimate of drug-likeness (QED) is 0.449. The Bertz CT molecular complexity index is 844. The Morgan fingerprint density at radius 3 is 2.19 bits per heavy atom. The van der Waals surface area contributed by atoms with Gasteiger partial charge in [0.2, 0.25) is 5.91 Å². The standard InChI is InChI=1S/C18H18BrF5N2O/c1-9(27)26-8-14(2,3)12-11(26)4-10(13(19)25-12)17(20,21)15-5-16(6-15,7-15)18(22,23)24/h4H,5-8H2,1-3H3. The maximum atomic E-state index is 15.3. The summed E-state index contributed by atoms with van der Waals surface area (Å²) in [7, 11) is 0. The number of fused-ring (bicyclic) bond motifs is 1. The molecule has 0 saturated heterocycles. The molecule has 2 heterocycles. The number of nitrogens with zero attached hydrogens (tertiary/aromatic N) is 2. The first-order chi connectivity index (χ1) is 12.2. The Morgan fingerprint density at radius 1 is 1.15 bits per heavy atom. The first-order valence-corrected chi connectivity index (χ1v) is 9.39. The van der Waals surface area contributed by atoms with Gasteiger partial charge in [0, 0.05) is 24.3 Å². The van der Waals surface area contributed by atoms with E-state index in [1.165, 1.54) is 17.9 Å². The van der Waals surface area contributed by atoms with Crippen LogP contribution in [0.3, 0.4) is 0 Å². The minimum Gasteiger partial charge on any atom is -0.310 e. The second-order valence-electron chi connectivity index (χ2n) is 8.85. The van der Waals surface area contributed by atoms with Crippen LogP contribution in [-0.2, 0) is 16.1 Å². The minimum absolute atomic E-state index is 0.0736. The van der Waals surface area contributed by atoms with Gasteiger partial charge in [0.05, 0.1) is 22.4 Å². The summed E-state index contributed by atoms with van der Waals surface area (Å²) in [5.41, 5.74) is -3.76. The number of anilines is 1. The molecule has 1 amide bonds. The van der Waals surface area contributed by atoms with Crippen LogP contribution in [0.4, 0.5) is 27.6 Å². The molecule has 9 heteroatoms. The van der Waals surface area contributed by atoms with Gasteiger partial charge in [-0.25, -0.2) is 13.8 Å². The van der Waals surface area contributed by atoms with E-state index >= 15 is 8.78 Å². The summed E-state index contributed by atoms with van der Waals surface area (Å²) >= 11 is 3.09. The molecular weight excluding hydrogens is 435 g/mol. The second kappa shape index (κ2) is 5.02. The van der Waals surface area contributed by atoms with Crippen LogP contribution < -0.4 is 4.90 Å². The zero-order valence-electron chi connectivity index (χ0n) is 15.0. The largest absolute Gasteiger partial charge is 0.394 e. The molecule has 27 heavy (non-hydrogen) atoms. The lowest BCUT2D eigenvalue weighted by molar-refractivity contribution is -0.411. The zero-order valence-corrected chi connectivity index (χ0v) is 16.6. The molecule has 0 atom stereocenters. The molecule has 5 rings (SSSR count). The Balaban J connectivity index is 1.74. The van der Waals surface area contributed by atoms with Gasteiger partial charge in [-0.3, -0.25) is 4.79 Å². The van der Waals surface area contributed by atoms with E-state index in [-0.39, 0.29) is 10.5 Å². The van der Waals surface area contributed by atoms with E-state index in [2.05, 4.69) is 20.9 Å². The van der Waals surface area contributed by atoms with Crippen LogP contribution in [-0.4, -0.2) is 23.6 Å². The van der Waals surface area contributed by atoms with E-state index in [0.29, 0.717) is 17.9 Å². The minimum atomic E-state index is -4.45. The molecule has 3 fully saturated rings. The van der Waals surface area contributed by atoms with E-state index in [1.54, 1.807) is 0 Å². The molecule has 4 aliphatic rings. The van der Waals surface area contributed by atoms with Crippen molar-refractivity contribution in [1.82, 2.24) is 4.98 Å². The maximum Gasteiger partial charge on any atom is 0.394 e. The molecule has 1 aromatic heterocycles. The van der Waals surface area contributed by atoms with E-state index in [1.807, 2.05) is 13.8 Å². The Kier molecular flexibility index (Phi) is 3.55. The smallest absolute Gasteiger partial charge is 0.310 e. The van der Waals surface area contributed by atoms with Crippen LogP contribution in [0.25, 0.3) is 0 Å². The number of amides is 1. The number of aromatic nitrogens is 1. The van der Waals surface area contributed by atoms with Gasteiger partial charge in [0.25, 0.3) is 5.92 Å². The molecule has 0 unspecified atom stereocenters. The normalized spacial score (nSPS) is 31.2. The summed E-state index contributed by atoms with van der Waals surface area (Å²) in [5.74, 6) is -3.75. The van der Waals surface area contributed by atoms with Crippen LogP contribution in [0.15, 0.2) is 10.7 Å². The van der Waals surface area contributed by atoms with Gasteiger partial charge in [-0.2, -0.15) is 13.2 Å². The van der Waals surface area contributed by atoms with Crippen molar-refractivity contribution in [2.24, 2.45) is 10.8 Å². The molecule has 0 radical (unpaired) electrons. The Morgan fingerprint density at radius 2 is 1.70 bits per heavy atom. The van der Waals surface area contributed by atoms with Crippen molar-refractivity contribution in [3.05, 3.63) is 21.9 Å². The van der Waals surface area contributed by atoms with Crippen LogP contribution in [0.2, 0.25) is 0 Å². The highest BCUT2D eigenvalue weighted by atomic mass is 79.9. The van der Waals surface area contributed by atoms with Gasteiger partial charge in [0.1, 0.15) is 4.60 Å². The first kappa shape index (κ1) is 19.1. The van der Waals surface area contributed by atoms with Crippen molar-refractivity contribution in [2.45, 2.75) is 57.5 Å². The van der Waals surface area contributed by atoms with E-state index in [4.69, 9.17) is 0 Å².